The Morgan fingerprint density at radius 3 is 1.70 bits per heavy atom. The Morgan fingerprint density at radius 2 is 1.27 bits per heavy atom. The van der Waals surface area contributed by atoms with Crippen LogP contribution in [-0.4, -0.2) is 22.2 Å². The van der Waals surface area contributed by atoms with Gasteiger partial charge in [-0.25, -0.2) is 9.59 Å². The van der Waals surface area contributed by atoms with Crippen molar-refractivity contribution in [3.8, 4) is 0 Å². The molecule has 1 rings (SSSR count). The standard InChI is InChI=1S/C26H42O4/c1-4-5-6-7-8-9-10-11-12-13-14-15-16-21-17-18-22(25(27)28)24(26(29)30)23(21)19-20(2)3/h17-18,20H,4-16,19H2,1-3H3,(H,27,28)(H,29,30). The number of carbonyl (C=O) groups is 2. The van der Waals surface area contributed by atoms with Crippen molar-refractivity contribution < 1.29 is 19.8 Å². The molecule has 0 heterocycles. The van der Waals surface area contributed by atoms with Gasteiger partial charge in [0.25, 0.3) is 0 Å². The van der Waals surface area contributed by atoms with E-state index < -0.39 is 11.9 Å². The number of carboxylic acids is 2. The minimum absolute atomic E-state index is 0.0207. The highest BCUT2D eigenvalue weighted by molar-refractivity contribution is 6.03. The molecule has 0 atom stereocenters. The van der Waals surface area contributed by atoms with Gasteiger partial charge in [-0.05, 0) is 42.4 Å². The maximum Gasteiger partial charge on any atom is 0.336 e. The van der Waals surface area contributed by atoms with Gasteiger partial charge in [0.2, 0.25) is 0 Å². The van der Waals surface area contributed by atoms with Crippen molar-refractivity contribution in [2.45, 2.75) is 111 Å². The van der Waals surface area contributed by atoms with Gasteiger partial charge in [0, 0.05) is 0 Å². The molecule has 0 radical (unpaired) electrons. The minimum atomic E-state index is -1.17. The molecule has 0 amide bonds. The molecule has 0 aliphatic heterocycles. The molecule has 0 unspecified atom stereocenters. The summed E-state index contributed by atoms with van der Waals surface area (Å²) in [6, 6.07) is 3.29. The van der Waals surface area contributed by atoms with E-state index in [0.717, 1.165) is 24.8 Å². The molecule has 0 spiro atoms. The Morgan fingerprint density at radius 1 is 0.767 bits per heavy atom. The fourth-order valence-electron chi connectivity index (χ4n) is 4.15. The van der Waals surface area contributed by atoms with E-state index in [0.29, 0.717) is 12.0 Å². The normalized spacial score (nSPS) is 11.2. The van der Waals surface area contributed by atoms with E-state index in [-0.39, 0.29) is 17.0 Å². The van der Waals surface area contributed by atoms with Crippen LogP contribution in [0.3, 0.4) is 0 Å². The van der Waals surface area contributed by atoms with Gasteiger partial charge in [0.05, 0.1) is 11.1 Å². The van der Waals surface area contributed by atoms with Crippen LogP contribution >= 0.6 is 0 Å². The van der Waals surface area contributed by atoms with Gasteiger partial charge in [-0.1, -0.05) is 97.5 Å². The molecular formula is C26H42O4. The van der Waals surface area contributed by atoms with Gasteiger partial charge in [-0.2, -0.15) is 0 Å². The van der Waals surface area contributed by atoms with Crippen LogP contribution in [0.15, 0.2) is 12.1 Å². The van der Waals surface area contributed by atoms with Crippen molar-refractivity contribution in [3.63, 3.8) is 0 Å². The summed E-state index contributed by atoms with van der Waals surface area (Å²) in [5, 5.41) is 19.0. The van der Waals surface area contributed by atoms with E-state index in [9.17, 15) is 19.8 Å². The lowest BCUT2D eigenvalue weighted by molar-refractivity contribution is 0.0650. The fraction of sp³-hybridized carbons (Fsp3) is 0.692. The van der Waals surface area contributed by atoms with Crippen LogP contribution in [0.1, 0.15) is 130 Å². The Hall–Kier alpha value is -1.84. The topological polar surface area (TPSA) is 74.6 Å². The molecule has 4 heteroatoms. The van der Waals surface area contributed by atoms with E-state index >= 15 is 0 Å². The fourth-order valence-corrected chi connectivity index (χ4v) is 4.15. The van der Waals surface area contributed by atoms with Crippen LogP contribution in [0, 0.1) is 5.92 Å². The van der Waals surface area contributed by atoms with E-state index in [4.69, 9.17) is 0 Å². The summed E-state index contributed by atoms with van der Waals surface area (Å²) >= 11 is 0. The molecule has 4 nitrogen and oxygen atoms in total. The summed E-state index contributed by atoms with van der Waals surface area (Å²) in [6.45, 7) is 6.32. The van der Waals surface area contributed by atoms with Crippen molar-refractivity contribution in [1.82, 2.24) is 0 Å². The van der Waals surface area contributed by atoms with Crippen LogP contribution < -0.4 is 0 Å². The van der Waals surface area contributed by atoms with Gasteiger partial charge in [-0.3, -0.25) is 0 Å². The van der Waals surface area contributed by atoms with E-state index in [1.807, 2.05) is 19.9 Å². The number of hydrogen-bond acceptors (Lipinski definition) is 2. The van der Waals surface area contributed by atoms with Crippen LogP contribution in [-0.2, 0) is 12.8 Å². The lowest BCUT2D eigenvalue weighted by atomic mass is 9.88. The molecular weight excluding hydrogens is 376 g/mol. The minimum Gasteiger partial charge on any atom is -0.478 e. The number of carboxylic acid groups (broad SMARTS) is 2. The quantitative estimate of drug-likeness (QED) is 0.256. The van der Waals surface area contributed by atoms with E-state index in [1.54, 1.807) is 0 Å². The summed E-state index contributed by atoms with van der Waals surface area (Å²) < 4.78 is 0. The van der Waals surface area contributed by atoms with Gasteiger partial charge < -0.3 is 10.2 Å². The average molecular weight is 419 g/mol. The Labute approximate surface area is 183 Å². The average Bonchev–Trinajstić information content (AvgIpc) is 2.68. The number of benzene rings is 1. The zero-order chi connectivity index (χ0) is 22.4. The highest BCUT2D eigenvalue weighted by atomic mass is 16.4. The molecule has 0 fully saturated rings. The first-order valence-corrected chi connectivity index (χ1v) is 12.0. The summed E-state index contributed by atoms with van der Waals surface area (Å²) in [5.74, 6) is -2.04. The smallest absolute Gasteiger partial charge is 0.336 e. The third-order valence-corrected chi connectivity index (χ3v) is 5.77. The highest BCUT2D eigenvalue weighted by Gasteiger charge is 2.23. The number of rotatable bonds is 17. The predicted octanol–water partition coefficient (Wildman–Crippen LogP) is 7.53. The van der Waals surface area contributed by atoms with Gasteiger partial charge in [0.1, 0.15) is 0 Å². The van der Waals surface area contributed by atoms with Crippen LogP contribution in [0.4, 0.5) is 0 Å². The van der Waals surface area contributed by atoms with Crippen LogP contribution in [0.5, 0.6) is 0 Å². The molecule has 0 aliphatic carbocycles. The van der Waals surface area contributed by atoms with Crippen molar-refractivity contribution in [2.24, 2.45) is 5.92 Å². The second kappa shape index (κ2) is 15.0. The number of unbranched alkanes of at least 4 members (excludes halogenated alkanes) is 11. The summed E-state index contributed by atoms with van der Waals surface area (Å²) in [7, 11) is 0. The zero-order valence-electron chi connectivity index (χ0n) is 19.3. The third-order valence-electron chi connectivity index (χ3n) is 5.77. The summed E-state index contributed by atoms with van der Waals surface area (Å²) in [6.07, 6.45) is 16.9. The molecule has 170 valence electrons. The zero-order valence-corrected chi connectivity index (χ0v) is 19.3. The largest absolute Gasteiger partial charge is 0.478 e. The molecule has 0 aromatic heterocycles. The first-order chi connectivity index (χ1) is 14.4. The maximum atomic E-state index is 11.8. The highest BCUT2D eigenvalue weighted by Crippen LogP contribution is 2.25. The molecule has 0 saturated heterocycles. The lowest BCUT2D eigenvalue weighted by Crippen LogP contribution is -2.15. The SMILES string of the molecule is CCCCCCCCCCCCCCc1ccc(C(=O)O)c(C(=O)O)c1CC(C)C. The van der Waals surface area contributed by atoms with E-state index in [1.165, 1.54) is 70.3 Å². The maximum absolute atomic E-state index is 11.8. The van der Waals surface area contributed by atoms with Crippen molar-refractivity contribution in [2.75, 3.05) is 0 Å². The summed E-state index contributed by atoms with van der Waals surface area (Å²) in [5.41, 5.74) is 1.59. The van der Waals surface area contributed by atoms with Crippen molar-refractivity contribution >= 4 is 11.9 Å². The van der Waals surface area contributed by atoms with Gasteiger partial charge in [-0.15, -0.1) is 0 Å². The second-order valence-electron chi connectivity index (χ2n) is 8.97. The predicted molar refractivity (Wildman–Crippen MR) is 124 cm³/mol. The lowest BCUT2D eigenvalue weighted by Gasteiger charge is -2.17. The van der Waals surface area contributed by atoms with Crippen molar-refractivity contribution in [3.05, 3.63) is 34.4 Å². The molecule has 1 aromatic carbocycles. The number of aromatic carboxylic acids is 2. The van der Waals surface area contributed by atoms with Gasteiger partial charge >= 0.3 is 11.9 Å². The molecule has 0 aliphatic rings. The first-order valence-electron chi connectivity index (χ1n) is 12.0. The number of aryl methyl sites for hydroxylation is 1. The molecule has 0 saturated carbocycles. The Kier molecular flexibility index (Phi) is 13.1. The van der Waals surface area contributed by atoms with Crippen molar-refractivity contribution in [1.29, 1.82) is 0 Å². The molecule has 30 heavy (non-hydrogen) atoms. The molecule has 0 bridgehead atoms. The molecule has 1 aromatic rings. The monoisotopic (exact) mass is 418 g/mol. The van der Waals surface area contributed by atoms with Crippen LogP contribution in [0.2, 0.25) is 0 Å². The number of hydrogen-bond donors (Lipinski definition) is 2. The third kappa shape index (κ3) is 9.77. The van der Waals surface area contributed by atoms with E-state index in [2.05, 4.69) is 6.92 Å². The Balaban J connectivity index is 2.47. The Bertz CT molecular complexity index is 649. The van der Waals surface area contributed by atoms with Gasteiger partial charge in [0.15, 0.2) is 0 Å². The van der Waals surface area contributed by atoms with Crippen LogP contribution in [0.25, 0.3) is 0 Å². The summed E-state index contributed by atoms with van der Waals surface area (Å²) in [4.78, 5) is 23.3. The molecule has 2 N–H and O–H groups in total. The second-order valence-corrected chi connectivity index (χ2v) is 8.97. The first kappa shape index (κ1) is 26.2.